The Morgan fingerprint density at radius 2 is 1.59 bits per heavy atom. The lowest BCUT2D eigenvalue weighted by Gasteiger charge is -2.25. The summed E-state index contributed by atoms with van der Waals surface area (Å²) in [6, 6.07) is 16.4. The molecule has 0 fully saturated rings. The summed E-state index contributed by atoms with van der Waals surface area (Å²) in [6.45, 7) is 4.17. The topological polar surface area (TPSA) is 24.7 Å². The summed E-state index contributed by atoms with van der Waals surface area (Å²) in [4.78, 5) is 0. The predicted molar refractivity (Wildman–Crippen MR) is 125 cm³/mol. The van der Waals surface area contributed by atoms with E-state index < -0.39 is 11.6 Å². The average molecular weight is 429 g/mol. The van der Waals surface area contributed by atoms with Gasteiger partial charge in [-0.3, -0.25) is 0 Å². The van der Waals surface area contributed by atoms with Crippen LogP contribution in [-0.4, -0.2) is 0 Å². The second-order valence-electron chi connectivity index (χ2n) is 8.41. The number of fused-ring (bicyclic) bond motifs is 1. The summed E-state index contributed by atoms with van der Waals surface area (Å²) >= 11 is 0. The zero-order valence-electron chi connectivity index (χ0n) is 18.5. The molecular weight excluding hydrogens is 402 g/mol. The molecule has 0 saturated heterocycles. The van der Waals surface area contributed by atoms with Crippen LogP contribution in [0.15, 0.2) is 64.8 Å². The Kier molecular flexibility index (Phi) is 6.75. The Hall–Kier alpha value is -3.32. The molecule has 0 bridgehead atoms. The molecule has 1 aliphatic rings. The maximum absolute atomic E-state index is 15.0. The molecule has 0 heterocycles. The number of nitrogens with zero attached hydrogens (tertiary/aromatic N) is 2. The number of rotatable bonds is 4. The highest BCUT2D eigenvalue weighted by Gasteiger charge is 2.24. The van der Waals surface area contributed by atoms with Gasteiger partial charge in [-0.1, -0.05) is 49.3 Å². The van der Waals surface area contributed by atoms with Crippen molar-refractivity contribution in [3.05, 3.63) is 94.0 Å². The van der Waals surface area contributed by atoms with Crippen LogP contribution in [0.5, 0.6) is 0 Å². The van der Waals surface area contributed by atoms with Gasteiger partial charge in [-0.2, -0.15) is 10.2 Å². The Morgan fingerprint density at radius 1 is 0.938 bits per heavy atom. The van der Waals surface area contributed by atoms with E-state index in [9.17, 15) is 4.39 Å². The Labute approximate surface area is 188 Å². The minimum absolute atomic E-state index is 0.138. The third-order valence-corrected chi connectivity index (χ3v) is 5.93. The first-order valence-electron chi connectivity index (χ1n) is 11.1. The average Bonchev–Trinajstić information content (AvgIpc) is 2.79. The molecule has 0 N–H and O–H groups in total. The minimum Gasteiger partial charge on any atom is -0.206 e. The summed E-state index contributed by atoms with van der Waals surface area (Å²) in [7, 11) is 0. The van der Waals surface area contributed by atoms with E-state index in [1.54, 1.807) is 24.3 Å². The lowest BCUT2D eigenvalue weighted by Crippen LogP contribution is -2.17. The van der Waals surface area contributed by atoms with Crippen molar-refractivity contribution in [1.29, 1.82) is 0 Å². The van der Waals surface area contributed by atoms with E-state index in [1.807, 2.05) is 31.2 Å². The van der Waals surface area contributed by atoms with Gasteiger partial charge in [0.25, 0.3) is 0 Å². The van der Waals surface area contributed by atoms with E-state index in [0.29, 0.717) is 29.2 Å². The first-order valence-corrected chi connectivity index (χ1v) is 11.1. The molecule has 3 aromatic carbocycles. The SMILES string of the molecule is CCCC1CCc2c(cc(F)c(C#Cc3ccc(N=Nc4ccc(C)cc4)cc3)c2F)C1. The Bertz CT molecular complexity index is 1180. The van der Waals surface area contributed by atoms with Crippen LogP contribution in [0.3, 0.4) is 0 Å². The first-order chi connectivity index (χ1) is 15.5. The molecule has 4 rings (SSSR count). The van der Waals surface area contributed by atoms with Gasteiger partial charge in [-0.25, -0.2) is 8.78 Å². The van der Waals surface area contributed by atoms with Crippen molar-refractivity contribution in [1.82, 2.24) is 0 Å². The Balaban J connectivity index is 1.50. The van der Waals surface area contributed by atoms with Gasteiger partial charge < -0.3 is 0 Å². The summed E-state index contributed by atoms with van der Waals surface area (Å²) in [5, 5.41) is 8.43. The standard InChI is InChI=1S/C28H26F2N2/c1-3-4-21-10-15-25-22(17-21)18-27(29)26(28(25)30)16-9-20-7-13-24(14-8-20)32-31-23-11-5-19(2)6-12-23/h5-8,11-14,18,21H,3-4,10,15,17H2,1-2H3. The first kappa shape index (κ1) is 21.9. The molecule has 0 radical (unpaired) electrons. The fourth-order valence-electron chi connectivity index (χ4n) is 4.17. The molecule has 3 aromatic rings. The molecule has 0 saturated carbocycles. The summed E-state index contributed by atoms with van der Waals surface area (Å²) < 4.78 is 29.6. The number of benzene rings is 3. The molecule has 0 amide bonds. The summed E-state index contributed by atoms with van der Waals surface area (Å²) in [6.07, 6.45) is 4.56. The van der Waals surface area contributed by atoms with Crippen LogP contribution in [0, 0.1) is 36.3 Å². The van der Waals surface area contributed by atoms with Crippen molar-refractivity contribution in [2.75, 3.05) is 0 Å². The largest absolute Gasteiger partial charge is 0.206 e. The van der Waals surface area contributed by atoms with Crippen LogP contribution in [0.4, 0.5) is 20.2 Å². The molecule has 162 valence electrons. The van der Waals surface area contributed by atoms with Crippen molar-refractivity contribution in [3.63, 3.8) is 0 Å². The van der Waals surface area contributed by atoms with Crippen LogP contribution in [0.2, 0.25) is 0 Å². The minimum atomic E-state index is -0.575. The second-order valence-corrected chi connectivity index (χ2v) is 8.41. The van der Waals surface area contributed by atoms with Crippen molar-refractivity contribution < 1.29 is 8.78 Å². The fraction of sp³-hybridized carbons (Fsp3) is 0.286. The molecular formula is C28H26F2N2. The molecule has 1 unspecified atom stereocenters. The van der Waals surface area contributed by atoms with Gasteiger partial charge in [-0.05, 0) is 85.7 Å². The van der Waals surface area contributed by atoms with Crippen molar-refractivity contribution >= 4 is 11.4 Å². The van der Waals surface area contributed by atoms with Crippen molar-refractivity contribution in [3.8, 4) is 11.8 Å². The molecule has 4 heteroatoms. The van der Waals surface area contributed by atoms with Gasteiger partial charge in [0, 0.05) is 5.56 Å². The van der Waals surface area contributed by atoms with E-state index in [1.165, 1.54) is 11.6 Å². The monoisotopic (exact) mass is 428 g/mol. The van der Waals surface area contributed by atoms with Gasteiger partial charge >= 0.3 is 0 Å². The third kappa shape index (κ3) is 5.11. The van der Waals surface area contributed by atoms with E-state index in [2.05, 4.69) is 29.0 Å². The van der Waals surface area contributed by atoms with Crippen LogP contribution in [-0.2, 0) is 12.8 Å². The number of hydrogen-bond acceptors (Lipinski definition) is 2. The van der Waals surface area contributed by atoms with Gasteiger partial charge in [0.05, 0.1) is 16.9 Å². The van der Waals surface area contributed by atoms with Gasteiger partial charge in [-0.15, -0.1) is 0 Å². The second kappa shape index (κ2) is 9.87. The van der Waals surface area contributed by atoms with Gasteiger partial charge in [0.1, 0.15) is 11.6 Å². The maximum atomic E-state index is 15.0. The predicted octanol–water partition coefficient (Wildman–Crippen LogP) is 7.99. The highest BCUT2D eigenvalue weighted by Crippen LogP contribution is 2.32. The highest BCUT2D eigenvalue weighted by atomic mass is 19.1. The van der Waals surface area contributed by atoms with Crippen molar-refractivity contribution in [2.45, 2.75) is 46.0 Å². The number of halogens is 2. The number of azo groups is 1. The van der Waals surface area contributed by atoms with Gasteiger partial charge in [0.2, 0.25) is 0 Å². The fourth-order valence-corrected chi connectivity index (χ4v) is 4.17. The van der Waals surface area contributed by atoms with Crippen molar-refractivity contribution in [2.24, 2.45) is 16.1 Å². The summed E-state index contributed by atoms with van der Waals surface area (Å²) in [5.41, 5.74) is 4.59. The zero-order chi connectivity index (χ0) is 22.5. The number of aryl methyl sites for hydroxylation is 1. The molecule has 1 atom stereocenters. The van der Waals surface area contributed by atoms with Gasteiger partial charge in [0.15, 0.2) is 0 Å². The van der Waals surface area contributed by atoms with Crippen LogP contribution in [0.1, 0.15) is 54.0 Å². The van der Waals surface area contributed by atoms with E-state index >= 15 is 4.39 Å². The zero-order valence-corrected chi connectivity index (χ0v) is 18.5. The molecule has 2 nitrogen and oxygen atoms in total. The lowest BCUT2D eigenvalue weighted by atomic mass is 9.81. The maximum Gasteiger partial charge on any atom is 0.145 e. The van der Waals surface area contributed by atoms with E-state index in [4.69, 9.17) is 0 Å². The Morgan fingerprint density at radius 3 is 2.25 bits per heavy atom. The smallest absolute Gasteiger partial charge is 0.145 e. The lowest BCUT2D eigenvalue weighted by molar-refractivity contribution is 0.411. The molecule has 1 aliphatic carbocycles. The summed E-state index contributed by atoms with van der Waals surface area (Å²) in [5.74, 6) is 5.05. The van der Waals surface area contributed by atoms with Crippen LogP contribution >= 0.6 is 0 Å². The van der Waals surface area contributed by atoms with E-state index in [-0.39, 0.29) is 5.56 Å². The molecule has 0 aliphatic heterocycles. The molecule has 0 aromatic heterocycles. The third-order valence-electron chi connectivity index (χ3n) is 5.93. The number of hydrogen-bond donors (Lipinski definition) is 0. The molecule has 32 heavy (non-hydrogen) atoms. The quantitative estimate of drug-likeness (QED) is 0.297. The van der Waals surface area contributed by atoms with E-state index in [0.717, 1.165) is 36.9 Å². The molecule has 0 spiro atoms. The van der Waals surface area contributed by atoms with Crippen LogP contribution < -0.4 is 0 Å². The normalized spacial score (nSPS) is 15.3. The highest BCUT2D eigenvalue weighted by molar-refractivity contribution is 5.50. The van der Waals surface area contributed by atoms with Crippen LogP contribution in [0.25, 0.3) is 0 Å².